The predicted octanol–water partition coefficient (Wildman–Crippen LogP) is 2.32. The highest BCUT2D eigenvalue weighted by Crippen LogP contribution is 2.23. The number of nitrogens with one attached hydrogen (secondary N) is 1. The molecule has 2 aromatic rings. The van der Waals surface area contributed by atoms with Gasteiger partial charge in [0.25, 0.3) is 5.56 Å². The van der Waals surface area contributed by atoms with Gasteiger partial charge in [0.2, 0.25) is 5.88 Å². The lowest BCUT2D eigenvalue weighted by Gasteiger charge is -2.04. The molecule has 2 N–H and O–H groups in total. The molecule has 0 saturated heterocycles. The van der Waals surface area contributed by atoms with Crippen LogP contribution in [0.15, 0.2) is 21.4 Å². The molecule has 0 aliphatic heterocycles. The summed E-state index contributed by atoms with van der Waals surface area (Å²) < 4.78 is 38.5. The van der Waals surface area contributed by atoms with Crippen molar-refractivity contribution < 1.29 is 18.3 Å². The second-order valence-electron chi connectivity index (χ2n) is 3.31. The standard InChI is InChI=1S/C10H4BrF3N2O2/c11-6-9(17)15-8(16-10(6)18)3-1-4(12)7(14)5(13)2-3/h1-2H,(H2,15,16,17,18). The van der Waals surface area contributed by atoms with E-state index in [0.717, 1.165) is 0 Å². The van der Waals surface area contributed by atoms with Crippen LogP contribution in [0, 0.1) is 17.5 Å². The van der Waals surface area contributed by atoms with Crippen molar-refractivity contribution in [2.75, 3.05) is 0 Å². The maximum atomic E-state index is 13.0. The van der Waals surface area contributed by atoms with E-state index in [4.69, 9.17) is 0 Å². The molecule has 0 aliphatic rings. The van der Waals surface area contributed by atoms with Crippen LogP contribution in [0.1, 0.15) is 0 Å². The maximum absolute atomic E-state index is 13.0. The van der Waals surface area contributed by atoms with E-state index in [0.29, 0.717) is 12.1 Å². The molecule has 0 amide bonds. The molecule has 0 saturated carbocycles. The van der Waals surface area contributed by atoms with E-state index in [2.05, 4.69) is 25.9 Å². The zero-order valence-corrected chi connectivity index (χ0v) is 10.1. The van der Waals surface area contributed by atoms with Gasteiger partial charge in [0.15, 0.2) is 17.5 Å². The van der Waals surface area contributed by atoms with Crippen molar-refractivity contribution in [2.24, 2.45) is 0 Å². The van der Waals surface area contributed by atoms with Gasteiger partial charge in [-0.05, 0) is 28.1 Å². The van der Waals surface area contributed by atoms with E-state index < -0.39 is 28.9 Å². The highest BCUT2D eigenvalue weighted by atomic mass is 79.9. The molecule has 1 aromatic carbocycles. The Hall–Kier alpha value is -1.83. The number of hydrogen-bond donors (Lipinski definition) is 2. The zero-order chi connectivity index (χ0) is 13.4. The van der Waals surface area contributed by atoms with Crippen LogP contribution >= 0.6 is 15.9 Å². The van der Waals surface area contributed by atoms with Gasteiger partial charge in [-0.25, -0.2) is 13.2 Å². The normalized spacial score (nSPS) is 10.7. The van der Waals surface area contributed by atoms with Crippen molar-refractivity contribution in [1.82, 2.24) is 9.97 Å². The third-order valence-corrected chi connectivity index (χ3v) is 2.82. The van der Waals surface area contributed by atoms with E-state index >= 15 is 0 Å². The first-order chi connectivity index (χ1) is 8.40. The first-order valence-corrected chi connectivity index (χ1v) is 5.33. The Balaban J connectivity index is 2.66. The Morgan fingerprint density at radius 2 is 1.78 bits per heavy atom. The summed E-state index contributed by atoms with van der Waals surface area (Å²) in [4.78, 5) is 17.0. The summed E-state index contributed by atoms with van der Waals surface area (Å²) in [6.45, 7) is 0. The first kappa shape index (κ1) is 12.6. The van der Waals surface area contributed by atoms with Crippen LogP contribution in [0.4, 0.5) is 13.2 Å². The molecule has 1 heterocycles. The average molecular weight is 321 g/mol. The molecule has 8 heteroatoms. The Labute approximate surface area is 106 Å². The molecular weight excluding hydrogens is 317 g/mol. The van der Waals surface area contributed by atoms with Gasteiger partial charge in [0.05, 0.1) is 0 Å². The molecule has 0 aliphatic carbocycles. The summed E-state index contributed by atoms with van der Waals surface area (Å²) >= 11 is 2.76. The highest BCUT2D eigenvalue weighted by Gasteiger charge is 2.15. The van der Waals surface area contributed by atoms with E-state index in [-0.39, 0.29) is 15.9 Å². The molecule has 0 spiro atoms. The molecule has 0 atom stereocenters. The molecule has 0 radical (unpaired) electrons. The van der Waals surface area contributed by atoms with Crippen molar-refractivity contribution >= 4 is 15.9 Å². The van der Waals surface area contributed by atoms with Crippen LogP contribution in [0.25, 0.3) is 11.4 Å². The molecular formula is C10H4BrF3N2O2. The van der Waals surface area contributed by atoms with Crippen LogP contribution in [0.3, 0.4) is 0 Å². The van der Waals surface area contributed by atoms with Crippen LogP contribution in [0.5, 0.6) is 5.88 Å². The lowest BCUT2D eigenvalue weighted by molar-refractivity contribution is 0.444. The third-order valence-electron chi connectivity index (χ3n) is 2.10. The highest BCUT2D eigenvalue weighted by molar-refractivity contribution is 9.10. The third kappa shape index (κ3) is 2.10. The molecule has 0 fully saturated rings. The Kier molecular flexibility index (Phi) is 3.12. The van der Waals surface area contributed by atoms with Gasteiger partial charge in [-0.1, -0.05) is 0 Å². The monoisotopic (exact) mass is 320 g/mol. The Morgan fingerprint density at radius 1 is 1.22 bits per heavy atom. The maximum Gasteiger partial charge on any atom is 0.269 e. The molecule has 0 unspecified atom stereocenters. The lowest BCUT2D eigenvalue weighted by Crippen LogP contribution is -2.10. The second-order valence-corrected chi connectivity index (χ2v) is 4.10. The number of aromatic amines is 1. The van der Waals surface area contributed by atoms with E-state index in [1.165, 1.54) is 0 Å². The van der Waals surface area contributed by atoms with Gasteiger partial charge in [-0.3, -0.25) is 4.79 Å². The minimum absolute atomic E-state index is 0.202. The van der Waals surface area contributed by atoms with Crippen molar-refractivity contribution in [2.45, 2.75) is 0 Å². The number of aromatic hydroxyl groups is 1. The number of hydrogen-bond acceptors (Lipinski definition) is 3. The van der Waals surface area contributed by atoms with Crippen LogP contribution in [-0.2, 0) is 0 Å². The van der Waals surface area contributed by atoms with Crippen LogP contribution in [0.2, 0.25) is 0 Å². The lowest BCUT2D eigenvalue weighted by atomic mass is 10.2. The minimum Gasteiger partial charge on any atom is -0.492 e. The largest absolute Gasteiger partial charge is 0.492 e. The molecule has 18 heavy (non-hydrogen) atoms. The molecule has 94 valence electrons. The molecule has 2 rings (SSSR count). The first-order valence-electron chi connectivity index (χ1n) is 4.54. The Bertz CT molecular complexity index is 664. The van der Waals surface area contributed by atoms with E-state index in [1.54, 1.807) is 0 Å². The Morgan fingerprint density at radius 3 is 2.28 bits per heavy atom. The van der Waals surface area contributed by atoms with E-state index in [1.807, 2.05) is 0 Å². The zero-order valence-electron chi connectivity index (χ0n) is 8.47. The molecule has 0 bridgehead atoms. The summed E-state index contributed by atoms with van der Waals surface area (Å²) in [5.74, 6) is -5.38. The van der Waals surface area contributed by atoms with Crippen molar-refractivity contribution in [3.8, 4) is 17.3 Å². The number of rotatable bonds is 1. The van der Waals surface area contributed by atoms with Gasteiger partial charge >= 0.3 is 0 Å². The summed E-state index contributed by atoms with van der Waals surface area (Å²) in [6, 6.07) is 1.31. The summed E-state index contributed by atoms with van der Waals surface area (Å²) in [5.41, 5.74) is -0.936. The van der Waals surface area contributed by atoms with Gasteiger partial charge in [-0.2, -0.15) is 4.98 Å². The fourth-order valence-electron chi connectivity index (χ4n) is 1.28. The van der Waals surface area contributed by atoms with Crippen molar-refractivity contribution in [3.05, 3.63) is 44.4 Å². The molecule has 4 nitrogen and oxygen atoms in total. The fourth-order valence-corrected chi connectivity index (χ4v) is 1.46. The van der Waals surface area contributed by atoms with Crippen molar-refractivity contribution in [1.29, 1.82) is 0 Å². The fraction of sp³-hybridized carbons (Fsp3) is 0. The number of nitrogens with zero attached hydrogens (tertiary/aromatic N) is 1. The van der Waals surface area contributed by atoms with Gasteiger partial charge in [0.1, 0.15) is 10.3 Å². The number of halogens is 4. The summed E-state index contributed by atoms with van der Waals surface area (Å²) in [6.07, 6.45) is 0. The number of benzene rings is 1. The van der Waals surface area contributed by atoms with E-state index in [9.17, 15) is 23.1 Å². The van der Waals surface area contributed by atoms with Gasteiger partial charge in [-0.15, -0.1) is 0 Å². The molecule has 1 aromatic heterocycles. The summed E-state index contributed by atoms with van der Waals surface area (Å²) in [5, 5.41) is 9.30. The topological polar surface area (TPSA) is 66.0 Å². The van der Waals surface area contributed by atoms with Crippen molar-refractivity contribution in [3.63, 3.8) is 0 Å². The minimum atomic E-state index is -1.62. The van der Waals surface area contributed by atoms with Crippen LogP contribution < -0.4 is 5.56 Å². The predicted molar refractivity (Wildman–Crippen MR) is 59.5 cm³/mol. The quantitative estimate of drug-likeness (QED) is 0.792. The van der Waals surface area contributed by atoms with Gasteiger partial charge in [0, 0.05) is 5.56 Å². The number of H-pyrrole nitrogens is 1. The SMILES string of the molecule is O=c1[nH]c(-c2cc(F)c(F)c(F)c2)nc(O)c1Br. The second kappa shape index (κ2) is 4.45. The number of aromatic nitrogens is 2. The van der Waals surface area contributed by atoms with Gasteiger partial charge < -0.3 is 10.1 Å². The summed E-state index contributed by atoms with van der Waals surface area (Å²) in [7, 11) is 0. The van der Waals surface area contributed by atoms with Crippen LogP contribution in [-0.4, -0.2) is 15.1 Å². The average Bonchev–Trinajstić information content (AvgIpc) is 2.31. The smallest absolute Gasteiger partial charge is 0.269 e.